The predicted molar refractivity (Wildman–Crippen MR) is 141 cm³/mol. The van der Waals surface area contributed by atoms with Crippen molar-refractivity contribution in [1.29, 1.82) is 0 Å². The summed E-state index contributed by atoms with van der Waals surface area (Å²) in [6.07, 6.45) is 2.70. The molecule has 1 atom stereocenters. The monoisotopic (exact) mass is 548 g/mol. The summed E-state index contributed by atoms with van der Waals surface area (Å²) in [5, 5.41) is 3.73. The molecule has 1 N–H and O–H groups in total. The molecule has 0 aliphatic carbocycles. The van der Waals surface area contributed by atoms with Gasteiger partial charge in [0.1, 0.15) is 11.9 Å². The molecule has 0 saturated carbocycles. The van der Waals surface area contributed by atoms with Crippen LogP contribution >= 0.6 is 24.0 Å². The highest BCUT2D eigenvalue weighted by molar-refractivity contribution is 6.31. The lowest BCUT2D eigenvalue weighted by Crippen LogP contribution is -2.47. The van der Waals surface area contributed by atoms with Gasteiger partial charge >= 0.3 is 5.63 Å². The van der Waals surface area contributed by atoms with Gasteiger partial charge in [0, 0.05) is 57.5 Å². The summed E-state index contributed by atoms with van der Waals surface area (Å²) in [5.41, 5.74) is 2.07. The van der Waals surface area contributed by atoms with Crippen molar-refractivity contribution in [2.45, 2.75) is 19.2 Å². The number of ether oxygens (including phenoxy) is 2. The number of hydrogen-bond donors (Lipinski definition) is 1. The summed E-state index contributed by atoms with van der Waals surface area (Å²) in [7, 11) is 1.58. The molecule has 4 aromatic heterocycles. The third-order valence-electron chi connectivity index (χ3n) is 6.07. The fraction of sp³-hybridized carbons (Fsp3) is 0.375. The fourth-order valence-electron chi connectivity index (χ4n) is 4.23. The van der Waals surface area contributed by atoms with Gasteiger partial charge in [0.15, 0.2) is 11.2 Å². The maximum absolute atomic E-state index is 12.6. The van der Waals surface area contributed by atoms with Crippen LogP contribution in [-0.2, 0) is 17.8 Å². The van der Waals surface area contributed by atoms with Crippen LogP contribution in [0.2, 0.25) is 5.02 Å². The molecule has 196 valence electrons. The molecule has 5 heterocycles. The highest BCUT2D eigenvalue weighted by Gasteiger charge is 2.21. The molecule has 0 aromatic carbocycles. The summed E-state index contributed by atoms with van der Waals surface area (Å²) >= 11 is 6.30. The summed E-state index contributed by atoms with van der Waals surface area (Å²) < 4.78 is 18.0. The van der Waals surface area contributed by atoms with Crippen LogP contribution in [0.15, 0.2) is 50.7 Å². The zero-order chi connectivity index (χ0) is 25.1. The Morgan fingerprint density at radius 1 is 1.19 bits per heavy atom. The number of fused-ring (bicyclic) bond motifs is 2. The molecule has 11 nitrogen and oxygen atoms in total. The molecule has 1 aliphatic rings. The van der Waals surface area contributed by atoms with Gasteiger partial charge in [-0.15, -0.1) is 12.4 Å². The number of morpholine rings is 1. The van der Waals surface area contributed by atoms with Crippen LogP contribution in [-0.4, -0.2) is 70.4 Å². The SMILES string of the molecule is COc1cnc2ccc(=O)n(CCN3CCO[C@@H](CNCc4nc5ncc(=O)oc5cc4Cl)C3)c2c1.Cl. The minimum absolute atomic E-state index is 0. The number of halogens is 2. The lowest BCUT2D eigenvalue weighted by atomic mass is 10.2. The van der Waals surface area contributed by atoms with Crippen molar-refractivity contribution in [2.75, 3.05) is 39.9 Å². The average molecular weight is 549 g/mol. The number of pyridine rings is 3. The van der Waals surface area contributed by atoms with Gasteiger partial charge in [-0.05, 0) is 6.07 Å². The van der Waals surface area contributed by atoms with E-state index in [1.165, 1.54) is 0 Å². The number of rotatable bonds is 8. The molecule has 0 unspecified atom stereocenters. The smallest absolute Gasteiger partial charge is 0.355 e. The maximum atomic E-state index is 12.6. The third kappa shape index (κ3) is 6.25. The summed E-state index contributed by atoms with van der Waals surface area (Å²) in [6, 6.07) is 6.66. The van der Waals surface area contributed by atoms with Crippen molar-refractivity contribution >= 4 is 46.3 Å². The van der Waals surface area contributed by atoms with E-state index in [0.29, 0.717) is 54.9 Å². The van der Waals surface area contributed by atoms with Gasteiger partial charge < -0.3 is 23.8 Å². The standard InChI is InChI=1S/C24H25ClN6O5.ClH/c1-34-15-8-20-18(27-11-15)2-3-22(32)31(20)5-4-30-6-7-35-16(14-30)10-26-12-19-17(25)9-21-24(29-19)28-13-23(33)36-21;/h2-3,8-9,11,13,16,26H,4-7,10,12,14H2,1H3;1H/t16-;/m0./s1. The first-order valence-corrected chi connectivity index (χ1v) is 11.9. The van der Waals surface area contributed by atoms with Gasteiger partial charge in [-0.25, -0.2) is 14.8 Å². The lowest BCUT2D eigenvalue weighted by molar-refractivity contribution is -0.0280. The zero-order valence-corrected chi connectivity index (χ0v) is 21.6. The molecule has 1 saturated heterocycles. The first kappa shape index (κ1) is 27.0. The number of nitrogens with zero attached hydrogens (tertiary/aromatic N) is 5. The van der Waals surface area contributed by atoms with Crippen molar-refractivity contribution in [3.8, 4) is 5.75 Å². The highest BCUT2D eigenvalue weighted by atomic mass is 35.5. The van der Waals surface area contributed by atoms with Gasteiger partial charge in [0.2, 0.25) is 0 Å². The van der Waals surface area contributed by atoms with Gasteiger partial charge in [-0.3, -0.25) is 14.7 Å². The zero-order valence-electron chi connectivity index (χ0n) is 20.1. The Morgan fingerprint density at radius 3 is 2.89 bits per heavy atom. The van der Waals surface area contributed by atoms with Crippen LogP contribution in [0.25, 0.3) is 22.3 Å². The molecule has 0 bridgehead atoms. The first-order chi connectivity index (χ1) is 17.5. The molecule has 0 radical (unpaired) electrons. The van der Waals surface area contributed by atoms with Gasteiger partial charge in [-0.1, -0.05) is 11.6 Å². The Hall–Kier alpha value is -3.09. The predicted octanol–water partition coefficient (Wildman–Crippen LogP) is 1.87. The largest absolute Gasteiger partial charge is 0.495 e. The van der Waals surface area contributed by atoms with E-state index < -0.39 is 5.63 Å². The number of aromatic nitrogens is 4. The minimum atomic E-state index is -0.549. The Morgan fingerprint density at radius 2 is 2.05 bits per heavy atom. The van der Waals surface area contributed by atoms with Crippen molar-refractivity contribution in [3.63, 3.8) is 0 Å². The third-order valence-corrected chi connectivity index (χ3v) is 6.40. The van der Waals surface area contributed by atoms with Crippen molar-refractivity contribution < 1.29 is 13.9 Å². The molecule has 1 fully saturated rings. The lowest BCUT2D eigenvalue weighted by Gasteiger charge is -2.33. The second kappa shape index (κ2) is 12.0. The Kier molecular flexibility index (Phi) is 8.72. The van der Waals surface area contributed by atoms with Crippen molar-refractivity contribution in [1.82, 2.24) is 29.7 Å². The molecule has 0 spiro atoms. The normalized spacial score (nSPS) is 16.1. The first-order valence-electron chi connectivity index (χ1n) is 11.5. The molecule has 4 aromatic rings. The fourth-order valence-corrected chi connectivity index (χ4v) is 4.44. The van der Waals surface area contributed by atoms with Crippen LogP contribution < -0.4 is 21.2 Å². The van der Waals surface area contributed by atoms with Crippen molar-refractivity contribution in [3.05, 3.63) is 68.1 Å². The molecule has 37 heavy (non-hydrogen) atoms. The van der Waals surface area contributed by atoms with Crippen LogP contribution in [0.1, 0.15) is 5.69 Å². The summed E-state index contributed by atoms with van der Waals surface area (Å²) in [4.78, 5) is 38.9. The Bertz CT molecular complexity index is 1510. The Balaban J connectivity index is 0.00000320. The van der Waals surface area contributed by atoms with Crippen LogP contribution in [0.5, 0.6) is 5.75 Å². The van der Waals surface area contributed by atoms with Gasteiger partial charge in [-0.2, -0.15) is 0 Å². The van der Waals surface area contributed by atoms with E-state index in [-0.39, 0.29) is 29.7 Å². The second-order valence-corrected chi connectivity index (χ2v) is 8.85. The van der Waals surface area contributed by atoms with Crippen LogP contribution in [0.3, 0.4) is 0 Å². The maximum Gasteiger partial charge on any atom is 0.355 e. The average Bonchev–Trinajstić information content (AvgIpc) is 2.88. The quantitative estimate of drug-likeness (QED) is 0.348. The Labute approximate surface area is 222 Å². The summed E-state index contributed by atoms with van der Waals surface area (Å²) in [6.45, 7) is 4.35. The molecule has 13 heteroatoms. The van der Waals surface area contributed by atoms with E-state index in [1.807, 2.05) is 6.07 Å². The van der Waals surface area contributed by atoms with Crippen molar-refractivity contribution in [2.24, 2.45) is 0 Å². The van der Waals surface area contributed by atoms with Crippen LogP contribution in [0, 0.1) is 0 Å². The van der Waals surface area contributed by atoms with Gasteiger partial charge in [0.25, 0.3) is 5.56 Å². The summed E-state index contributed by atoms with van der Waals surface area (Å²) in [5.74, 6) is 0.612. The number of nitrogens with one attached hydrogen (secondary N) is 1. The van der Waals surface area contributed by atoms with E-state index >= 15 is 0 Å². The molecule has 1 aliphatic heterocycles. The number of methoxy groups -OCH3 is 1. The van der Waals surface area contributed by atoms with E-state index in [1.54, 1.807) is 36.1 Å². The molecule has 0 amide bonds. The van der Waals surface area contributed by atoms with E-state index in [9.17, 15) is 9.59 Å². The van der Waals surface area contributed by atoms with Gasteiger partial charge in [0.05, 0.1) is 47.8 Å². The van der Waals surface area contributed by atoms with E-state index in [4.69, 9.17) is 25.5 Å². The minimum Gasteiger partial charge on any atom is -0.495 e. The van der Waals surface area contributed by atoms with E-state index in [0.717, 1.165) is 30.3 Å². The van der Waals surface area contributed by atoms with E-state index in [2.05, 4.69) is 25.2 Å². The molecular weight excluding hydrogens is 523 g/mol. The van der Waals surface area contributed by atoms with Crippen LogP contribution in [0.4, 0.5) is 0 Å². The number of hydrogen-bond acceptors (Lipinski definition) is 10. The molecular formula is C24H26Cl2N6O5. The highest BCUT2D eigenvalue weighted by Crippen LogP contribution is 2.19. The molecule has 5 rings (SSSR count). The topological polar surface area (TPSA) is 125 Å². The second-order valence-electron chi connectivity index (χ2n) is 8.44.